The molecule has 8 heteroatoms. The van der Waals surface area contributed by atoms with Gasteiger partial charge in [0.1, 0.15) is 11.3 Å². The second-order valence-electron chi connectivity index (χ2n) is 7.88. The zero-order chi connectivity index (χ0) is 23.0. The molecular weight excluding hydrogens is 515 g/mol. The molecule has 1 N–H and O–H groups in total. The van der Waals surface area contributed by atoms with Crippen molar-refractivity contribution in [2.75, 3.05) is 4.90 Å². The van der Waals surface area contributed by atoms with E-state index in [1.165, 1.54) is 4.90 Å². The van der Waals surface area contributed by atoms with Gasteiger partial charge in [-0.2, -0.15) is 0 Å². The molecule has 0 aliphatic carbocycles. The number of phenolic OH excluding ortho intramolecular Hbond substituents is 1. The van der Waals surface area contributed by atoms with E-state index >= 15 is 0 Å². The molecule has 5 nitrogen and oxygen atoms in total. The summed E-state index contributed by atoms with van der Waals surface area (Å²) in [6.45, 7) is 1.90. The standard InChI is InChI=1S/C24H19BrCl2N2O3/c1-24(13-15-5-7-17(25)8-6-15)22(31)29(20-11-18(26)10-19(27)12-20)23(32)28(24)14-16-3-2-4-21(30)9-16/h2-12,30H,13-14H2,1H3. The van der Waals surface area contributed by atoms with Crippen LogP contribution in [0.3, 0.4) is 0 Å². The molecule has 3 aromatic carbocycles. The molecule has 0 aromatic heterocycles. The van der Waals surface area contributed by atoms with Crippen molar-refractivity contribution < 1.29 is 14.7 Å². The second kappa shape index (κ2) is 8.77. The van der Waals surface area contributed by atoms with Crippen LogP contribution in [0.1, 0.15) is 18.1 Å². The number of carbonyl (C=O) groups excluding carboxylic acids is 2. The molecule has 1 atom stereocenters. The summed E-state index contributed by atoms with van der Waals surface area (Å²) in [6.07, 6.45) is 0.314. The molecule has 1 heterocycles. The number of hydrogen-bond donors (Lipinski definition) is 1. The Morgan fingerprint density at radius 2 is 1.59 bits per heavy atom. The van der Waals surface area contributed by atoms with Crippen LogP contribution >= 0.6 is 39.1 Å². The number of halogens is 3. The smallest absolute Gasteiger partial charge is 0.332 e. The van der Waals surface area contributed by atoms with E-state index in [-0.39, 0.29) is 18.2 Å². The Kier molecular flexibility index (Phi) is 6.21. The highest BCUT2D eigenvalue weighted by Gasteiger charge is 2.54. The largest absolute Gasteiger partial charge is 0.508 e. The van der Waals surface area contributed by atoms with E-state index in [0.717, 1.165) is 14.9 Å². The predicted molar refractivity (Wildman–Crippen MR) is 129 cm³/mol. The van der Waals surface area contributed by atoms with Gasteiger partial charge in [-0.3, -0.25) is 4.79 Å². The number of amides is 3. The molecule has 1 aliphatic heterocycles. The summed E-state index contributed by atoms with van der Waals surface area (Å²) in [5.74, 6) is -0.280. The van der Waals surface area contributed by atoms with Gasteiger partial charge in [0.05, 0.1) is 5.69 Å². The Hall–Kier alpha value is -2.54. The normalized spacial score (nSPS) is 18.5. The van der Waals surface area contributed by atoms with Gasteiger partial charge >= 0.3 is 6.03 Å². The van der Waals surface area contributed by atoms with Gasteiger partial charge in [0.25, 0.3) is 5.91 Å². The highest BCUT2D eigenvalue weighted by Crippen LogP contribution is 2.38. The van der Waals surface area contributed by atoms with Crippen molar-refractivity contribution in [3.8, 4) is 5.75 Å². The van der Waals surface area contributed by atoms with Gasteiger partial charge in [0.2, 0.25) is 0 Å². The summed E-state index contributed by atoms with van der Waals surface area (Å²) in [5, 5.41) is 10.5. The number of nitrogens with zero attached hydrogens (tertiary/aromatic N) is 2. The van der Waals surface area contributed by atoms with Crippen LogP contribution in [0, 0.1) is 0 Å². The number of aromatic hydroxyl groups is 1. The Bertz CT molecular complexity index is 1180. The number of rotatable bonds is 5. The van der Waals surface area contributed by atoms with Gasteiger partial charge in [-0.1, -0.05) is 63.4 Å². The van der Waals surface area contributed by atoms with Crippen LogP contribution in [-0.4, -0.2) is 27.5 Å². The summed E-state index contributed by atoms with van der Waals surface area (Å²) in [7, 11) is 0. The number of anilines is 1. The fourth-order valence-corrected chi connectivity index (χ4v) is 4.70. The lowest BCUT2D eigenvalue weighted by Crippen LogP contribution is -2.48. The maximum atomic E-state index is 13.7. The van der Waals surface area contributed by atoms with E-state index in [2.05, 4.69) is 15.9 Å². The monoisotopic (exact) mass is 532 g/mol. The lowest BCUT2D eigenvalue weighted by atomic mass is 9.90. The number of imide groups is 1. The molecular formula is C24H19BrCl2N2O3. The molecule has 32 heavy (non-hydrogen) atoms. The van der Waals surface area contributed by atoms with Crippen molar-refractivity contribution in [2.45, 2.75) is 25.4 Å². The van der Waals surface area contributed by atoms with Crippen molar-refractivity contribution >= 4 is 56.8 Å². The minimum Gasteiger partial charge on any atom is -0.508 e. The first-order chi connectivity index (χ1) is 15.2. The lowest BCUT2D eigenvalue weighted by Gasteiger charge is -2.32. The van der Waals surface area contributed by atoms with Gasteiger partial charge in [-0.15, -0.1) is 0 Å². The van der Waals surface area contributed by atoms with Gasteiger partial charge in [0, 0.05) is 27.5 Å². The molecule has 0 saturated carbocycles. The average Bonchev–Trinajstić information content (AvgIpc) is 2.90. The maximum absolute atomic E-state index is 13.7. The molecule has 1 fully saturated rings. The van der Waals surface area contributed by atoms with E-state index in [0.29, 0.717) is 27.7 Å². The van der Waals surface area contributed by atoms with Crippen LogP contribution in [-0.2, 0) is 17.8 Å². The van der Waals surface area contributed by atoms with Crippen molar-refractivity contribution in [3.63, 3.8) is 0 Å². The number of urea groups is 1. The Morgan fingerprint density at radius 1 is 0.938 bits per heavy atom. The third-order valence-corrected chi connectivity index (χ3v) is 6.47. The van der Waals surface area contributed by atoms with Crippen molar-refractivity contribution in [1.29, 1.82) is 0 Å². The molecule has 164 valence electrons. The van der Waals surface area contributed by atoms with E-state index in [1.54, 1.807) is 49.4 Å². The fourth-order valence-electron chi connectivity index (χ4n) is 3.92. The predicted octanol–water partition coefficient (Wildman–Crippen LogP) is 6.43. The van der Waals surface area contributed by atoms with E-state index in [1.807, 2.05) is 24.3 Å². The molecule has 3 aromatic rings. The molecule has 1 unspecified atom stereocenters. The summed E-state index contributed by atoms with van der Waals surface area (Å²) in [5.41, 5.74) is 0.770. The van der Waals surface area contributed by atoms with Gasteiger partial charge in [-0.25, -0.2) is 9.69 Å². The summed E-state index contributed by atoms with van der Waals surface area (Å²) in [6, 6.07) is 18.4. The van der Waals surface area contributed by atoms with Crippen LogP contribution < -0.4 is 4.90 Å². The fraction of sp³-hybridized carbons (Fsp3) is 0.167. The van der Waals surface area contributed by atoms with Gasteiger partial charge in [-0.05, 0) is 60.5 Å². The zero-order valence-electron chi connectivity index (χ0n) is 17.1. The SMILES string of the molecule is CC1(Cc2ccc(Br)cc2)C(=O)N(c2cc(Cl)cc(Cl)c2)C(=O)N1Cc1cccc(O)c1. The van der Waals surface area contributed by atoms with Gasteiger partial charge in [0.15, 0.2) is 0 Å². The van der Waals surface area contributed by atoms with E-state index in [9.17, 15) is 14.7 Å². The van der Waals surface area contributed by atoms with Crippen LogP contribution in [0.25, 0.3) is 0 Å². The number of carbonyl (C=O) groups is 2. The van der Waals surface area contributed by atoms with Crippen molar-refractivity contribution in [2.24, 2.45) is 0 Å². The highest BCUT2D eigenvalue weighted by molar-refractivity contribution is 9.10. The third-order valence-electron chi connectivity index (χ3n) is 5.50. The maximum Gasteiger partial charge on any atom is 0.332 e. The minimum absolute atomic E-state index is 0.0913. The van der Waals surface area contributed by atoms with Crippen molar-refractivity contribution in [3.05, 3.63) is 92.4 Å². The summed E-state index contributed by atoms with van der Waals surface area (Å²) in [4.78, 5) is 29.9. The van der Waals surface area contributed by atoms with Crippen LogP contribution in [0.2, 0.25) is 10.0 Å². The molecule has 3 amide bonds. The van der Waals surface area contributed by atoms with Crippen molar-refractivity contribution in [1.82, 2.24) is 4.90 Å². The topological polar surface area (TPSA) is 60.9 Å². The highest BCUT2D eigenvalue weighted by atomic mass is 79.9. The summed E-state index contributed by atoms with van der Waals surface area (Å²) >= 11 is 15.7. The van der Waals surface area contributed by atoms with Crippen LogP contribution in [0.4, 0.5) is 10.5 Å². The number of hydrogen-bond acceptors (Lipinski definition) is 3. The first-order valence-electron chi connectivity index (χ1n) is 9.82. The quantitative estimate of drug-likeness (QED) is 0.384. The number of benzene rings is 3. The Labute approximate surface area is 204 Å². The molecule has 0 bridgehead atoms. The Balaban J connectivity index is 1.78. The average molecular weight is 534 g/mol. The molecule has 0 spiro atoms. The first-order valence-corrected chi connectivity index (χ1v) is 11.4. The first kappa shape index (κ1) is 22.6. The molecule has 0 radical (unpaired) electrons. The lowest BCUT2D eigenvalue weighted by molar-refractivity contribution is -0.124. The van der Waals surface area contributed by atoms with E-state index < -0.39 is 11.6 Å². The van der Waals surface area contributed by atoms with E-state index in [4.69, 9.17) is 23.2 Å². The number of phenols is 1. The zero-order valence-corrected chi connectivity index (χ0v) is 20.2. The Morgan fingerprint density at radius 3 is 2.22 bits per heavy atom. The second-order valence-corrected chi connectivity index (χ2v) is 9.67. The van der Waals surface area contributed by atoms with Crippen LogP contribution in [0.5, 0.6) is 5.75 Å². The summed E-state index contributed by atoms with van der Waals surface area (Å²) < 4.78 is 0.923. The minimum atomic E-state index is -1.16. The third kappa shape index (κ3) is 4.35. The molecule has 1 saturated heterocycles. The molecule has 4 rings (SSSR count). The van der Waals surface area contributed by atoms with Gasteiger partial charge < -0.3 is 10.0 Å². The van der Waals surface area contributed by atoms with Crippen LogP contribution in [0.15, 0.2) is 71.2 Å². The molecule has 1 aliphatic rings.